The van der Waals surface area contributed by atoms with Crippen molar-refractivity contribution in [1.82, 2.24) is 15.2 Å². The van der Waals surface area contributed by atoms with Gasteiger partial charge in [-0.15, -0.1) is 5.10 Å². The maximum atomic E-state index is 12.3. The monoisotopic (exact) mass is 359 g/mol. The highest BCUT2D eigenvalue weighted by atomic mass is 35.5. The lowest BCUT2D eigenvalue weighted by Crippen LogP contribution is -2.12. The van der Waals surface area contributed by atoms with Gasteiger partial charge in [-0.05, 0) is 35.9 Å². The van der Waals surface area contributed by atoms with E-state index in [0.717, 1.165) is 5.56 Å². The van der Waals surface area contributed by atoms with Crippen LogP contribution >= 0.6 is 23.4 Å². The summed E-state index contributed by atoms with van der Waals surface area (Å²) in [6.07, 6.45) is 0. The van der Waals surface area contributed by atoms with Crippen molar-refractivity contribution in [2.24, 2.45) is 0 Å². The average molecular weight is 360 g/mol. The van der Waals surface area contributed by atoms with E-state index in [9.17, 15) is 4.79 Å². The van der Waals surface area contributed by atoms with Crippen LogP contribution in [0.25, 0.3) is 0 Å². The molecule has 0 unspecified atom stereocenters. The van der Waals surface area contributed by atoms with Crippen LogP contribution in [-0.2, 0) is 5.75 Å². The zero-order valence-electron chi connectivity index (χ0n) is 12.5. The van der Waals surface area contributed by atoms with Gasteiger partial charge in [-0.3, -0.25) is 4.79 Å². The van der Waals surface area contributed by atoms with E-state index < -0.39 is 0 Å². The van der Waals surface area contributed by atoms with Gasteiger partial charge in [0.05, 0.1) is 0 Å². The minimum absolute atomic E-state index is 0.189. The first kappa shape index (κ1) is 16.4. The number of thioether (sulfide) groups is 1. The molecule has 1 heterocycles. The molecule has 0 saturated heterocycles. The number of nitrogens with two attached hydrogens (primary N) is 1. The highest BCUT2D eigenvalue weighted by Gasteiger charge is 2.08. The van der Waals surface area contributed by atoms with Crippen LogP contribution in [0.15, 0.2) is 53.7 Å². The predicted molar refractivity (Wildman–Crippen MR) is 96.2 cm³/mol. The third-order valence-corrected chi connectivity index (χ3v) is 4.28. The van der Waals surface area contributed by atoms with E-state index in [1.807, 2.05) is 18.2 Å². The van der Waals surface area contributed by atoms with Gasteiger partial charge in [-0.25, -0.2) is 5.10 Å². The molecule has 24 heavy (non-hydrogen) atoms. The topological polar surface area (TPSA) is 96.7 Å². The van der Waals surface area contributed by atoms with Gasteiger partial charge in [0.2, 0.25) is 11.1 Å². The van der Waals surface area contributed by atoms with Crippen LogP contribution in [0.1, 0.15) is 15.9 Å². The number of hydrogen-bond donors (Lipinski definition) is 3. The largest absolute Gasteiger partial charge is 0.368 e. The Kier molecular flexibility index (Phi) is 5.02. The second kappa shape index (κ2) is 7.37. The molecule has 1 amide bonds. The molecule has 0 atom stereocenters. The summed E-state index contributed by atoms with van der Waals surface area (Å²) < 4.78 is 0. The molecule has 6 nitrogen and oxygen atoms in total. The molecular weight excluding hydrogens is 346 g/mol. The summed E-state index contributed by atoms with van der Waals surface area (Å²) in [4.78, 5) is 16.4. The number of carbonyl (C=O) groups excluding carboxylic acids is 1. The van der Waals surface area contributed by atoms with Gasteiger partial charge >= 0.3 is 0 Å². The SMILES string of the molecule is Nc1nc(SCc2cccc(C(=O)Nc3cccc(Cl)c3)c2)n[nH]1. The molecule has 0 bridgehead atoms. The van der Waals surface area contributed by atoms with Gasteiger partial charge in [-0.1, -0.05) is 41.6 Å². The van der Waals surface area contributed by atoms with E-state index in [1.54, 1.807) is 30.3 Å². The molecule has 0 aliphatic heterocycles. The number of halogens is 1. The number of nitrogens with one attached hydrogen (secondary N) is 2. The number of amides is 1. The van der Waals surface area contributed by atoms with Crippen LogP contribution in [0.4, 0.5) is 11.6 Å². The minimum Gasteiger partial charge on any atom is -0.368 e. The lowest BCUT2D eigenvalue weighted by Gasteiger charge is -2.07. The molecule has 3 rings (SSSR count). The molecule has 0 spiro atoms. The van der Waals surface area contributed by atoms with E-state index in [-0.39, 0.29) is 11.9 Å². The molecule has 122 valence electrons. The summed E-state index contributed by atoms with van der Waals surface area (Å²) in [6.45, 7) is 0. The second-order valence-corrected chi connectivity index (χ2v) is 6.34. The molecule has 1 aromatic heterocycles. The highest BCUT2D eigenvalue weighted by Crippen LogP contribution is 2.21. The molecule has 2 aromatic carbocycles. The molecule has 0 aliphatic rings. The average Bonchev–Trinajstić information content (AvgIpc) is 2.99. The van der Waals surface area contributed by atoms with E-state index in [1.165, 1.54) is 11.8 Å². The predicted octanol–water partition coefficient (Wildman–Crippen LogP) is 3.58. The Bertz CT molecular complexity index is 867. The Morgan fingerprint density at radius 3 is 2.83 bits per heavy atom. The van der Waals surface area contributed by atoms with Crippen molar-refractivity contribution in [3.05, 3.63) is 64.7 Å². The van der Waals surface area contributed by atoms with Crippen LogP contribution in [0.3, 0.4) is 0 Å². The molecule has 4 N–H and O–H groups in total. The Morgan fingerprint density at radius 2 is 2.08 bits per heavy atom. The quantitative estimate of drug-likeness (QED) is 0.605. The van der Waals surface area contributed by atoms with E-state index in [4.69, 9.17) is 17.3 Å². The van der Waals surface area contributed by atoms with Crippen molar-refractivity contribution < 1.29 is 4.79 Å². The first-order valence-corrected chi connectivity index (χ1v) is 8.43. The van der Waals surface area contributed by atoms with Crippen molar-refractivity contribution in [2.75, 3.05) is 11.1 Å². The molecule has 0 radical (unpaired) electrons. The van der Waals surface area contributed by atoms with Gasteiger partial charge in [-0.2, -0.15) is 4.98 Å². The zero-order chi connectivity index (χ0) is 16.9. The summed E-state index contributed by atoms with van der Waals surface area (Å²) in [6, 6.07) is 14.4. The standard InChI is InChI=1S/C16H14ClN5OS/c17-12-5-2-6-13(8-12)19-14(23)11-4-1-3-10(7-11)9-24-16-20-15(18)21-22-16/h1-8H,9H2,(H,19,23)(H3,18,20,21,22). The lowest BCUT2D eigenvalue weighted by molar-refractivity contribution is 0.102. The molecular formula is C16H14ClN5OS. The number of hydrogen-bond acceptors (Lipinski definition) is 5. The van der Waals surface area contributed by atoms with Crippen LogP contribution in [0, 0.1) is 0 Å². The van der Waals surface area contributed by atoms with Gasteiger partial charge < -0.3 is 11.1 Å². The maximum absolute atomic E-state index is 12.3. The number of aromatic amines is 1. The molecule has 3 aromatic rings. The summed E-state index contributed by atoms with van der Waals surface area (Å²) in [5, 5.41) is 10.5. The number of nitrogens with zero attached hydrogens (tertiary/aromatic N) is 2. The van der Waals surface area contributed by atoms with Crippen molar-refractivity contribution in [2.45, 2.75) is 10.9 Å². The van der Waals surface area contributed by atoms with Gasteiger partial charge in [0.1, 0.15) is 0 Å². The molecule has 0 aliphatic carbocycles. The first-order chi connectivity index (χ1) is 11.6. The van der Waals surface area contributed by atoms with Crippen molar-refractivity contribution >= 4 is 40.9 Å². The van der Waals surface area contributed by atoms with Crippen LogP contribution in [-0.4, -0.2) is 21.1 Å². The van der Waals surface area contributed by atoms with Crippen molar-refractivity contribution in [3.63, 3.8) is 0 Å². The van der Waals surface area contributed by atoms with Crippen LogP contribution in [0.2, 0.25) is 5.02 Å². The number of anilines is 2. The van der Waals surface area contributed by atoms with Crippen LogP contribution in [0.5, 0.6) is 0 Å². The Hall–Kier alpha value is -2.51. The summed E-state index contributed by atoms with van der Waals surface area (Å²) >= 11 is 7.36. The summed E-state index contributed by atoms with van der Waals surface area (Å²) in [7, 11) is 0. The molecule has 0 saturated carbocycles. The Morgan fingerprint density at radius 1 is 1.25 bits per heavy atom. The number of nitrogen functional groups attached to an aromatic ring is 1. The number of benzene rings is 2. The lowest BCUT2D eigenvalue weighted by atomic mass is 10.1. The van der Waals surface area contributed by atoms with Gasteiger partial charge in [0.15, 0.2) is 0 Å². The third kappa shape index (κ3) is 4.27. The minimum atomic E-state index is -0.189. The number of aromatic nitrogens is 3. The number of H-pyrrole nitrogens is 1. The van der Waals surface area contributed by atoms with Gasteiger partial charge in [0, 0.05) is 22.0 Å². The number of rotatable bonds is 5. The zero-order valence-corrected chi connectivity index (χ0v) is 14.1. The fourth-order valence-corrected chi connectivity index (χ4v) is 2.98. The maximum Gasteiger partial charge on any atom is 0.255 e. The van der Waals surface area contributed by atoms with E-state index >= 15 is 0 Å². The molecule has 8 heteroatoms. The number of carbonyl (C=O) groups is 1. The highest BCUT2D eigenvalue weighted by molar-refractivity contribution is 7.98. The normalized spacial score (nSPS) is 10.5. The fraction of sp³-hybridized carbons (Fsp3) is 0.0625. The van der Waals surface area contributed by atoms with Crippen molar-refractivity contribution in [3.8, 4) is 0 Å². The smallest absolute Gasteiger partial charge is 0.255 e. The first-order valence-electron chi connectivity index (χ1n) is 7.07. The third-order valence-electron chi connectivity index (χ3n) is 3.12. The summed E-state index contributed by atoms with van der Waals surface area (Å²) in [5.41, 5.74) is 7.71. The van der Waals surface area contributed by atoms with Crippen molar-refractivity contribution in [1.29, 1.82) is 0 Å². The van der Waals surface area contributed by atoms with Gasteiger partial charge in [0.25, 0.3) is 5.91 Å². The Balaban J connectivity index is 1.66. The molecule has 0 fully saturated rings. The summed E-state index contributed by atoms with van der Waals surface area (Å²) in [5.74, 6) is 0.730. The fourth-order valence-electron chi connectivity index (χ4n) is 2.04. The van der Waals surface area contributed by atoms with E-state index in [0.29, 0.717) is 27.2 Å². The van der Waals surface area contributed by atoms with E-state index in [2.05, 4.69) is 20.5 Å². The Labute approximate surface area is 147 Å². The second-order valence-electron chi connectivity index (χ2n) is 4.96. The van der Waals surface area contributed by atoms with Crippen LogP contribution < -0.4 is 11.1 Å².